The highest BCUT2D eigenvalue weighted by Crippen LogP contribution is 2.34. The predicted octanol–water partition coefficient (Wildman–Crippen LogP) is 2.62. The van der Waals surface area contributed by atoms with E-state index >= 15 is 0 Å². The maximum absolute atomic E-state index is 12.9. The second-order valence-electron chi connectivity index (χ2n) is 6.95. The number of amides is 1. The molecule has 0 bridgehead atoms. The average molecular weight is 388 g/mol. The van der Waals surface area contributed by atoms with Gasteiger partial charge in [0, 0.05) is 19.0 Å². The molecular weight excluding hydrogens is 368 g/mol. The molecule has 9 heteroatoms. The fourth-order valence-electron chi connectivity index (χ4n) is 3.52. The van der Waals surface area contributed by atoms with Gasteiger partial charge < -0.3 is 9.88 Å². The summed E-state index contributed by atoms with van der Waals surface area (Å²) in [4.78, 5) is 21.3. The second-order valence-corrected chi connectivity index (χ2v) is 6.95. The number of carbonyl (C=O) groups is 1. The van der Waals surface area contributed by atoms with Gasteiger partial charge in [0.15, 0.2) is 11.6 Å². The van der Waals surface area contributed by atoms with Gasteiger partial charge in [0.1, 0.15) is 11.8 Å². The van der Waals surface area contributed by atoms with Gasteiger partial charge in [-0.25, -0.2) is 4.98 Å². The number of aromatic nitrogens is 6. The first-order chi connectivity index (χ1) is 14.2. The van der Waals surface area contributed by atoms with Gasteiger partial charge >= 0.3 is 0 Å². The number of hydrogen-bond acceptors (Lipinski definition) is 6. The number of anilines is 1. The van der Waals surface area contributed by atoms with Crippen LogP contribution in [0.3, 0.4) is 0 Å². The summed E-state index contributed by atoms with van der Waals surface area (Å²) in [6.07, 6.45) is 8.48. The standard InChI is InChI=1S/C20H20N8O/c1-28(20(29)19-22-12-15(11-21)23-19)17-8-7-13(10-18-24-26-27-25-18)9-16(17)14-5-3-2-4-6-14/h5,7-9,12H,2-4,6,10H2,1H3,(H,22,23)(H,24,25,26,27). The largest absolute Gasteiger partial charge is 0.326 e. The Labute approximate surface area is 167 Å². The first kappa shape index (κ1) is 18.6. The molecule has 0 radical (unpaired) electrons. The molecule has 146 valence electrons. The molecule has 9 nitrogen and oxygen atoms in total. The predicted molar refractivity (Wildman–Crippen MR) is 106 cm³/mol. The molecule has 0 atom stereocenters. The van der Waals surface area contributed by atoms with Gasteiger partial charge in [-0.15, -0.1) is 10.2 Å². The summed E-state index contributed by atoms with van der Waals surface area (Å²) in [5.74, 6) is 0.462. The van der Waals surface area contributed by atoms with Crippen LogP contribution < -0.4 is 4.90 Å². The molecule has 0 fully saturated rings. The van der Waals surface area contributed by atoms with Crippen molar-refractivity contribution in [3.8, 4) is 6.07 Å². The van der Waals surface area contributed by atoms with Crippen LogP contribution in [0, 0.1) is 11.3 Å². The number of hydrogen-bond donors (Lipinski definition) is 2. The Hall–Kier alpha value is -3.80. The Kier molecular flexibility index (Phi) is 5.16. The Morgan fingerprint density at radius 3 is 2.93 bits per heavy atom. The van der Waals surface area contributed by atoms with Gasteiger partial charge in [-0.3, -0.25) is 4.79 Å². The fraction of sp³-hybridized carbons (Fsp3) is 0.300. The van der Waals surface area contributed by atoms with E-state index in [1.807, 2.05) is 18.2 Å². The van der Waals surface area contributed by atoms with Gasteiger partial charge in [-0.1, -0.05) is 17.4 Å². The molecule has 2 heterocycles. The van der Waals surface area contributed by atoms with Crippen molar-refractivity contribution >= 4 is 17.2 Å². The number of nitrogens with zero attached hydrogens (tertiary/aromatic N) is 6. The van der Waals surface area contributed by atoms with Gasteiger partial charge in [-0.05, 0) is 49.0 Å². The molecule has 0 spiro atoms. The molecule has 29 heavy (non-hydrogen) atoms. The number of rotatable bonds is 5. The summed E-state index contributed by atoms with van der Waals surface area (Å²) >= 11 is 0. The number of imidazole rings is 1. The summed E-state index contributed by atoms with van der Waals surface area (Å²) in [5, 5.41) is 23.1. The first-order valence-electron chi connectivity index (χ1n) is 9.43. The molecule has 2 aromatic heterocycles. The number of carbonyl (C=O) groups excluding carboxylic acids is 1. The minimum atomic E-state index is -0.296. The molecule has 1 amide bonds. The fourth-order valence-corrected chi connectivity index (χ4v) is 3.52. The lowest BCUT2D eigenvalue weighted by Gasteiger charge is -2.23. The highest BCUT2D eigenvalue weighted by atomic mass is 16.2. The summed E-state index contributed by atoms with van der Waals surface area (Å²) in [7, 11) is 1.72. The highest BCUT2D eigenvalue weighted by Gasteiger charge is 2.22. The molecule has 3 aromatic rings. The summed E-state index contributed by atoms with van der Waals surface area (Å²) in [6, 6.07) is 7.95. The van der Waals surface area contributed by atoms with Gasteiger partial charge in [0.05, 0.1) is 11.9 Å². The Bertz CT molecular complexity index is 1090. The number of H-pyrrole nitrogens is 2. The van der Waals surface area contributed by atoms with Crippen molar-refractivity contribution in [1.82, 2.24) is 30.6 Å². The first-order valence-corrected chi connectivity index (χ1v) is 9.43. The number of nitriles is 1. The maximum Gasteiger partial charge on any atom is 0.293 e. The van der Waals surface area contributed by atoms with E-state index in [9.17, 15) is 4.79 Å². The monoisotopic (exact) mass is 388 g/mol. The van der Waals surface area contributed by atoms with Crippen LogP contribution in [0.25, 0.3) is 5.57 Å². The van der Waals surface area contributed by atoms with E-state index in [0.717, 1.165) is 36.1 Å². The molecule has 1 aliphatic carbocycles. The van der Waals surface area contributed by atoms with Gasteiger partial charge in [-0.2, -0.15) is 10.5 Å². The second kappa shape index (κ2) is 8.06. The Balaban J connectivity index is 1.70. The van der Waals surface area contributed by atoms with Crippen LogP contribution >= 0.6 is 0 Å². The molecule has 0 saturated carbocycles. The zero-order valence-corrected chi connectivity index (χ0v) is 16.0. The quantitative estimate of drug-likeness (QED) is 0.691. The SMILES string of the molecule is CN(C(=O)c1ncc(C#N)[nH]1)c1ccc(Cc2nn[nH]n2)cc1C1=CCCCC1. The number of allylic oxidation sites excluding steroid dienone is 2. The van der Waals surface area contributed by atoms with Crippen LogP contribution in [0.5, 0.6) is 0 Å². The molecule has 1 aromatic carbocycles. The maximum atomic E-state index is 12.9. The van der Waals surface area contributed by atoms with Crippen molar-refractivity contribution in [2.75, 3.05) is 11.9 Å². The van der Waals surface area contributed by atoms with Crippen LogP contribution in [-0.4, -0.2) is 43.5 Å². The molecule has 0 unspecified atom stereocenters. The van der Waals surface area contributed by atoms with E-state index in [-0.39, 0.29) is 17.4 Å². The topological polar surface area (TPSA) is 127 Å². The zero-order valence-electron chi connectivity index (χ0n) is 16.0. The van der Waals surface area contributed by atoms with Crippen LogP contribution in [0.1, 0.15) is 58.9 Å². The van der Waals surface area contributed by atoms with E-state index in [4.69, 9.17) is 5.26 Å². The molecular formula is C20H20N8O. The van der Waals surface area contributed by atoms with E-state index in [1.54, 1.807) is 11.9 Å². The van der Waals surface area contributed by atoms with Gasteiger partial charge in [0.2, 0.25) is 0 Å². The molecule has 2 N–H and O–H groups in total. The van der Waals surface area contributed by atoms with E-state index in [0.29, 0.717) is 12.2 Å². The summed E-state index contributed by atoms with van der Waals surface area (Å²) in [5.41, 5.74) is 4.36. The van der Waals surface area contributed by atoms with Crippen LogP contribution in [0.2, 0.25) is 0 Å². The Morgan fingerprint density at radius 1 is 1.34 bits per heavy atom. The van der Waals surface area contributed by atoms with Gasteiger partial charge in [0.25, 0.3) is 5.91 Å². The molecule has 1 aliphatic rings. The molecule has 0 aliphatic heterocycles. The number of nitrogens with one attached hydrogen (secondary N) is 2. The van der Waals surface area contributed by atoms with E-state index in [2.05, 4.69) is 42.7 Å². The lowest BCUT2D eigenvalue weighted by atomic mass is 9.91. The van der Waals surface area contributed by atoms with Crippen molar-refractivity contribution in [3.63, 3.8) is 0 Å². The smallest absolute Gasteiger partial charge is 0.293 e. The van der Waals surface area contributed by atoms with Crippen LogP contribution in [-0.2, 0) is 6.42 Å². The normalized spacial score (nSPS) is 13.6. The minimum absolute atomic E-state index is 0.142. The van der Waals surface area contributed by atoms with Crippen molar-refractivity contribution in [2.24, 2.45) is 0 Å². The highest BCUT2D eigenvalue weighted by molar-refractivity contribution is 6.05. The third-order valence-electron chi connectivity index (χ3n) is 5.01. The molecule has 4 rings (SSSR count). The minimum Gasteiger partial charge on any atom is -0.326 e. The van der Waals surface area contributed by atoms with E-state index < -0.39 is 0 Å². The average Bonchev–Trinajstić information content (AvgIpc) is 3.45. The third-order valence-corrected chi connectivity index (χ3v) is 5.01. The number of tetrazole rings is 1. The zero-order chi connectivity index (χ0) is 20.2. The van der Waals surface area contributed by atoms with Crippen LogP contribution in [0.4, 0.5) is 5.69 Å². The lowest BCUT2D eigenvalue weighted by Crippen LogP contribution is -2.28. The van der Waals surface area contributed by atoms with E-state index in [1.165, 1.54) is 18.2 Å². The van der Waals surface area contributed by atoms with Crippen molar-refractivity contribution in [3.05, 3.63) is 58.9 Å². The molecule has 0 saturated heterocycles. The Morgan fingerprint density at radius 2 is 2.24 bits per heavy atom. The van der Waals surface area contributed by atoms with Crippen molar-refractivity contribution in [1.29, 1.82) is 5.26 Å². The lowest BCUT2D eigenvalue weighted by molar-refractivity contribution is 0.0984. The van der Waals surface area contributed by atoms with Crippen LogP contribution in [0.15, 0.2) is 30.5 Å². The van der Waals surface area contributed by atoms with Crippen molar-refractivity contribution < 1.29 is 4.79 Å². The number of benzene rings is 1. The third kappa shape index (κ3) is 3.91. The summed E-state index contributed by atoms with van der Waals surface area (Å²) < 4.78 is 0. The van der Waals surface area contributed by atoms with Crippen molar-refractivity contribution in [2.45, 2.75) is 32.1 Å². The number of aromatic amines is 2. The summed E-state index contributed by atoms with van der Waals surface area (Å²) in [6.45, 7) is 0.